The van der Waals surface area contributed by atoms with Gasteiger partial charge in [-0.3, -0.25) is 0 Å². The lowest BCUT2D eigenvalue weighted by Crippen LogP contribution is -2.33. The molecule has 0 aliphatic carbocycles. The molecule has 0 radical (unpaired) electrons. The first kappa shape index (κ1) is 12.9. The number of alkyl halides is 5. The third-order valence-electron chi connectivity index (χ3n) is 2.11. The van der Waals surface area contributed by atoms with Gasteiger partial charge in [0.1, 0.15) is 0 Å². The van der Waals surface area contributed by atoms with E-state index in [-0.39, 0.29) is 0 Å². The van der Waals surface area contributed by atoms with Crippen LogP contribution in [-0.4, -0.2) is 12.7 Å². The van der Waals surface area contributed by atoms with Gasteiger partial charge in [-0.15, -0.1) is 0 Å². The molecule has 0 heterocycles. The zero-order chi connectivity index (χ0) is 12.4. The topological polar surface area (TPSA) is 26.0 Å². The molecule has 0 aromatic heterocycles. The zero-order valence-corrected chi connectivity index (χ0v) is 8.19. The first-order valence-corrected chi connectivity index (χ1v) is 4.53. The van der Waals surface area contributed by atoms with Crippen LogP contribution in [0.2, 0.25) is 0 Å². The smallest absolute Gasteiger partial charge is 0.330 e. The van der Waals surface area contributed by atoms with Gasteiger partial charge in [-0.25, -0.2) is 0 Å². The van der Waals surface area contributed by atoms with E-state index >= 15 is 0 Å². The molecule has 0 fully saturated rings. The molecule has 16 heavy (non-hydrogen) atoms. The van der Waals surface area contributed by atoms with Gasteiger partial charge >= 0.3 is 12.1 Å². The number of halogens is 5. The van der Waals surface area contributed by atoms with Crippen LogP contribution in [0.1, 0.15) is 11.1 Å². The van der Waals surface area contributed by atoms with Gasteiger partial charge in [0.05, 0.1) is 0 Å². The first-order valence-electron chi connectivity index (χ1n) is 4.53. The quantitative estimate of drug-likeness (QED) is 0.806. The van der Waals surface area contributed by atoms with Crippen molar-refractivity contribution in [1.29, 1.82) is 0 Å². The maximum Gasteiger partial charge on any atom is 0.458 e. The van der Waals surface area contributed by atoms with Crippen LogP contribution < -0.4 is 5.73 Å². The summed E-state index contributed by atoms with van der Waals surface area (Å²) in [6.45, 7) is 0.314. The fraction of sp³-hybridized carbons (Fsp3) is 0.400. The van der Waals surface area contributed by atoms with Crippen molar-refractivity contribution in [1.82, 2.24) is 0 Å². The highest BCUT2D eigenvalue weighted by atomic mass is 19.4. The van der Waals surface area contributed by atoms with Gasteiger partial charge in [0.2, 0.25) is 0 Å². The third kappa shape index (κ3) is 2.49. The first-order chi connectivity index (χ1) is 7.29. The van der Waals surface area contributed by atoms with Gasteiger partial charge in [-0.1, -0.05) is 24.3 Å². The summed E-state index contributed by atoms with van der Waals surface area (Å²) >= 11 is 0. The summed E-state index contributed by atoms with van der Waals surface area (Å²) < 4.78 is 61.7. The van der Waals surface area contributed by atoms with Crippen molar-refractivity contribution in [3.05, 3.63) is 35.4 Å². The molecule has 2 N–H and O–H groups in total. The van der Waals surface area contributed by atoms with E-state index in [4.69, 9.17) is 5.73 Å². The molecule has 0 saturated heterocycles. The Hall–Kier alpha value is -1.17. The molecule has 0 unspecified atom stereocenters. The van der Waals surface area contributed by atoms with Crippen LogP contribution in [0.4, 0.5) is 22.0 Å². The fourth-order valence-electron chi connectivity index (χ4n) is 1.21. The largest absolute Gasteiger partial charge is 0.458 e. The van der Waals surface area contributed by atoms with Crippen LogP contribution >= 0.6 is 0 Å². The number of hydrogen-bond acceptors (Lipinski definition) is 1. The number of hydrogen-bond donors (Lipinski definition) is 1. The molecule has 1 rings (SSSR count). The van der Waals surface area contributed by atoms with E-state index in [1.54, 1.807) is 0 Å². The van der Waals surface area contributed by atoms with Gasteiger partial charge in [-0.05, 0) is 18.5 Å². The maximum atomic E-state index is 12.8. The fourth-order valence-corrected chi connectivity index (χ4v) is 1.21. The molecule has 0 amide bonds. The molecule has 0 aliphatic rings. The minimum Gasteiger partial charge on any atom is -0.330 e. The molecular weight excluding hydrogens is 229 g/mol. The predicted octanol–water partition coefficient (Wildman–Crippen LogP) is 2.84. The van der Waals surface area contributed by atoms with Crippen LogP contribution in [0.5, 0.6) is 0 Å². The molecule has 90 valence electrons. The van der Waals surface area contributed by atoms with Crippen LogP contribution in [0.15, 0.2) is 24.3 Å². The van der Waals surface area contributed by atoms with Crippen LogP contribution in [0, 0.1) is 0 Å². The molecule has 0 spiro atoms. The molecule has 0 aliphatic heterocycles. The predicted molar refractivity (Wildman–Crippen MR) is 49.1 cm³/mol. The molecule has 0 atom stereocenters. The van der Waals surface area contributed by atoms with Gasteiger partial charge in [0.25, 0.3) is 0 Å². The maximum absolute atomic E-state index is 12.8. The standard InChI is InChI=1S/C10H10F5N/c11-9(12,10(13,14)15)8-3-1-7(2-4-8)5-6-16/h1-4H,5-6,16H2. The second-order valence-corrected chi connectivity index (χ2v) is 3.31. The monoisotopic (exact) mass is 239 g/mol. The molecule has 1 aromatic rings. The van der Waals surface area contributed by atoms with Gasteiger partial charge < -0.3 is 5.73 Å². The Morgan fingerprint density at radius 3 is 1.81 bits per heavy atom. The van der Waals surface area contributed by atoms with E-state index < -0.39 is 17.7 Å². The normalized spacial score (nSPS) is 12.9. The van der Waals surface area contributed by atoms with Gasteiger partial charge in [-0.2, -0.15) is 22.0 Å². The van der Waals surface area contributed by atoms with Crippen molar-refractivity contribution in [2.75, 3.05) is 6.54 Å². The molecule has 1 aromatic carbocycles. The summed E-state index contributed by atoms with van der Waals surface area (Å²) in [5.41, 5.74) is 4.80. The highest BCUT2D eigenvalue weighted by molar-refractivity contribution is 5.27. The highest BCUT2D eigenvalue weighted by Gasteiger charge is 2.58. The summed E-state index contributed by atoms with van der Waals surface area (Å²) in [4.78, 5) is 0. The van der Waals surface area contributed by atoms with E-state index in [2.05, 4.69) is 0 Å². The zero-order valence-electron chi connectivity index (χ0n) is 8.19. The van der Waals surface area contributed by atoms with E-state index in [1.807, 2.05) is 0 Å². The summed E-state index contributed by atoms with van der Waals surface area (Å²) in [6.07, 6.45) is -5.12. The lowest BCUT2D eigenvalue weighted by molar-refractivity contribution is -0.289. The van der Waals surface area contributed by atoms with Crippen molar-refractivity contribution in [2.45, 2.75) is 18.5 Å². The Labute approximate surface area is 89.1 Å². The lowest BCUT2D eigenvalue weighted by Gasteiger charge is -2.19. The highest BCUT2D eigenvalue weighted by Crippen LogP contribution is 2.43. The molecule has 1 nitrogen and oxygen atoms in total. The van der Waals surface area contributed by atoms with Crippen LogP contribution in [0.3, 0.4) is 0 Å². The molecule has 6 heteroatoms. The average molecular weight is 239 g/mol. The van der Waals surface area contributed by atoms with Crippen molar-refractivity contribution < 1.29 is 22.0 Å². The van der Waals surface area contributed by atoms with E-state index in [1.165, 1.54) is 12.1 Å². The van der Waals surface area contributed by atoms with Crippen molar-refractivity contribution in [3.63, 3.8) is 0 Å². The summed E-state index contributed by atoms with van der Waals surface area (Å²) in [7, 11) is 0. The van der Waals surface area contributed by atoms with Gasteiger partial charge in [0.15, 0.2) is 0 Å². The number of rotatable bonds is 3. The molecule has 0 bridgehead atoms. The Morgan fingerprint density at radius 2 is 1.44 bits per heavy atom. The minimum atomic E-state index is -5.57. The Bertz CT molecular complexity index is 341. The Morgan fingerprint density at radius 1 is 0.938 bits per heavy atom. The van der Waals surface area contributed by atoms with E-state index in [9.17, 15) is 22.0 Å². The van der Waals surface area contributed by atoms with Crippen LogP contribution in [0.25, 0.3) is 0 Å². The average Bonchev–Trinajstić information content (AvgIpc) is 2.17. The Kier molecular flexibility index (Phi) is 3.52. The SMILES string of the molecule is NCCc1ccc(C(F)(F)C(F)(F)F)cc1. The Balaban J connectivity index is 2.97. The third-order valence-corrected chi connectivity index (χ3v) is 2.11. The summed E-state index contributed by atoms with van der Waals surface area (Å²) in [5.74, 6) is -4.81. The van der Waals surface area contributed by atoms with Crippen molar-refractivity contribution in [2.24, 2.45) is 5.73 Å². The number of benzene rings is 1. The summed E-state index contributed by atoms with van der Waals surface area (Å²) in [6, 6.07) is 4.00. The molecule has 0 saturated carbocycles. The van der Waals surface area contributed by atoms with E-state index in [0.29, 0.717) is 18.5 Å². The second kappa shape index (κ2) is 4.37. The molecular formula is C10H10F5N. The van der Waals surface area contributed by atoms with Crippen molar-refractivity contribution in [3.8, 4) is 0 Å². The van der Waals surface area contributed by atoms with Gasteiger partial charge in [0, 0.05) is 5.56 Å². The minimum absolute atomic E-state index is 0.314. The summed E-state index contributed by atoms with van der Waals surface area (Å²) in [5, 5.41) is 0. The van der Waals surface area contributed by atoms with Crippen LogP contribution in [-0.2, 0) is 12.3 Å². The van der Waals surface area contributed by atoms with E-state index in [0.717, 1.165) is 12.1 Å². The van der Waals surface area contributed by atoms with Crippen molar-refractivity contribution >= 4 is 0 Å². The number of nitrogens with two attached hydrogens (primary N) is 1. The lowest BCUT2D eigenvalue weighted by atomic mass is 10.0. The second-order valence-electron chi connectivity index (χ2n) is 3.31.